The van der Waals surface area contributed by atoms with Crippen molar-refractivity contribution in [2.24, 2.45) is 0 Å². The molecule has 138 valence electrons. The third kappa shape index (κ3) is 3.81. The van der Waals surface area contributed by atoms with Gasteiger partial charge >= 0.3 is 0 Å². The summed E-state index contributed by atoms with van der Waals surface area (Å²) >= 11 is 0. The van der Waals surface area contributed by atoms with Gasteiger partial charge in [0.05, 0.1) is 13.2 Å². The lowest BCUT2D eigenvalue weighted by atomic mass is 10.0. The molecule has 2 aromatic carbocycles. The van der Waals surface area contributed by atoms with Crippen LogP contribution >= 0.6 is 0 Å². The lowest BCUT2D eigenvalue weighted by molar-refractivity contribution is 0.214. The molecule has 1 aliphatic heterocycles. The number of nitrogens with zero attached hydrogens (tertiary/aromatic N) is 2. The molecule has 4 rings (SSSR count). The lowest BCUT2D eigenvalue weighted by Gasteiger charge is -2.22. The van der Waals surface area contributed by atoms with E-state index in [1.54, 1.807) is 6.20 Å². The van der Waals surface area contributed by atoms with Gasteiger partial charge in [-0.25, -0.2) is 4.98 Å². The SMILES string of the molecule is Cc1cccnc1OC1CCN(c2ccc(-c3ccccc3)cc2CO)C1. The van der Waals surface area contributed by atoms with E-state index in [1.807, 2.05) is 37.3 Å². The Balaban J connectivity index is 1.51. The fraction of sp³-hybridized carbons (Fsp3) is 0.261. The summed E-state index contributed by atoms with van der Waals surface area (Å²) in [7, 11) is 0. The number of aliphatic hydroxyl groups excluding tert-OH is 1. The summed E-state index contributed by atoms with van der Waals surface area (Å²) in [6, 6.07) is 20.5. The number of hydrogen-bond acceptors (Lipinski definition) is 4. The quantitative estimate of drug-likeness (QED) is 0.740. The van der Waals surface area contributed by atoms with Crippen LogP contribution in [-0.2, 0) is 6.61 Å². The van der Waals surface area contributed by atoms with Crippen LogP contribution in [0, 0.1) is 6.92 Å². The summed E-state index contributed by atoms with van der Waals surface area (Å²) in [6.07, 6.45) is 2.82. The molecule has 2 heterocycles. The van der Waals surface area contributed by atoms with Crippen LogP contribution in [0.4, 0.5) is 5.69 Å². The second-order valence-electron chi connectivity index (χ2n) is 6.97. The van der Waals surface area contributed by atoms with Gasteiger partial charge in [0, 0.05) is 36.0 Å². The molecule has 3 aromatic rings. The van der Waals surface area contributed by atoms with E-state index in [2.05, 4.69) is 40.2 Å². The smallest absolute Gasteiger partial charge is 0.216 e. The van der Waals surface area contributed by atoms with Crippen molar-refractivity contribution in [1.29, 1.82) is 0 Å². The molecule has 1 saturated heterocycles. The van der Waals surface area contributed by atoms with Gasteiger partial charge in [-0.1, -0.05) is 42.5 Å². The van der Waals surface area contributed by atoms with Crippen LogP contribution in [0.5, 0.6) is 5.88 Å². The molecule has 0 bridgehead atoms. The summed E-state index contributed by atoms with van der Waals surface area (Å²) in [4.78, 5) is 6.63. The molecule has 4 heteroatoms. The van der Waals surface area contributed by atoms with Crippen LogP contribution in [0.1, 0.15) is 17.5 Å². The Morgan fingerprint density at radius 3 is 2.70 bits per heavy atom. The lowest BCUT2D eigenvalue weighted by Crippen LogP contribution is -2.25. The number of pyridine rings is 1. The Morgan fingerprint density at radius 1 is 1.07 bits per heavy atom. The number of aliphatic hydroxyl groups is 1. The van der Waals surface area contributed by atoms with E-state index < -0.39 is 0 Å². The normalized spacial score (nSPS) is 16.5. The molecule has 0 radical (unpaired) electrons. The van der Waals surface area contributed by atoms with Crippen molar-refractivity contribution in [1.82, 2.24) is 4.98 Å². The van der Waals surface area contributed by atoms with E-state index in [0.717, 1.165) is 47.5 Å². The van der Waals surface area contributed by atoms with E-state index in [1.165, 1.54) is 0 Å². The second-order valence-corrected chi connectivity index (χ2v) is 6.97. The molecule has 1 atom stereocenters. The molecule has 0 spiro atoms. The zero-order chi connectivity index (χ0) is 18.6. The van der Waals surface area contributed by atoms with E-state index in [9.17, 15) is 5.11 Å². The van der Waals surface area contributed by atoms with Gasteiger partial charge in [0.15, 0.2) is 0 Å². The summed E-state index contributed by atoms with van der Waals surface area (Å²) in [5.41, 5.74) is 5.37. The summed E-state index contributed by atoms with van der Waals surface area (Å²) in [6.45, 7) is 3.75. The van der Waals surface area contributed by atoms with Crippen LogP contribution < -0.4 is 9.64 Å². The van der Waals surface area contributed by atoms with Crippen molar-refractivity contribution in [3.8, 4) is 17.0 Å². The summed E-state index contributed by atoms with van der Waals surface area (Å²) in [5, 5.41) is 9.92. The molecule has 1 unspecified atom stereocenters. The molecule has 4 nitrogen and oxygen atoms in total. The van der Waals surface area contributed by atoms with Crippen LogP contribution in [0.15, 0.2) is 66.9 Å². The van der Waals surface area contributed by atoms with Gasteiger partial charge in [-0.2, -0.15) is 0 Å². The summed E-state index contributed by atoms with van der Waals surface area (Å²) < 4.78 is 6.11. The largest absolute Gasteiger partial charge is 0.472 e. The molecular formula is C23H24N2O2. The first-order chi connectivity index (χ1) is 13.2. The van der Waals surface area contributed by atoms with Crippen molar-refractivity contribution >= 4 is 5.69 Å². The van der Waals surface area contributed by atoms with E-state index in [4.69, 9.17) is 4.74 Å². The van der Waals surface area contributed by atoms with Crippen LogP contribution in [0.2, 0.25) is 0 Å². The molecule has 0 aliphatic carbocycles. The molecular weight excluding hydrogens is 336 g/mol. The molecule has 1 fully saturated rings. The maximum atomic E-state index is 9.92. The zero-order valence-corrected chi connectivity index (χ0v) is 15.5. The highest BCUT2D eigenvalue weighted by atomic mass is 16.5. The molecule has 0 amide bonds. The minimum atomic E-state index is 0.0252. The van der Waals surface area contributed by atoms with E-state index in [-0.39, 0.29) is 12.7 Å². The van der Waals surface area contributed by atoms with Crippen molar-refractivity contribution in [3.05, 3.63) is 78.0 Å². The van der Waals surface area contributed by atoms with Crippen LogP contribution in [-0.4, -0.2) is 29.3 Å². The predicted molar refractivity (Wildman–Crippen MR) is 108 cm³/mol. The Morgan fingerprint density at radius 2 is 1.93 bits per heavy atom. The Labute approximate surface area is 160 Å². The maximum absolute atomic E-state index is 9.92. The fourth-order valence-electron chi connectivity index (χ4n) is 3.63. The number of benzene rings is 2. The third-order valence-corrected chi connectivity index (χ3v) is 5.08. The van der Waals surface area contributed by atoms with Crippen molar-refractivity contribution in [2.75, 3.05) is 18.0 Å². The Hall–Kier alpha value is -2.85. The van der Waals surface area contributed by atoms with Crippen molar-refractivity contribution in [2.45, 2.75) is 26.1 Å². The zero-order valence-electron chi connectivity index (χ0n) is 15.5. The number of ether oxygens (including phenoxy) is 1. The van der Waals surface area contributed by atoms with Gasteiger partial charge in [-0.3, -0.25) is 0 Å². The van der Waals surface area contributed by atoms with Gasteiger partial charge in [-0.05, 0) is 36.2 Å². The Kier molecular flexibility index (Phi) is 5.07. The highest BCUT2D eigenvalue weighted by molar-refractivity contribution is 5.69. The Bertz CT molecular complexity index is 911. The number of aromatic nitrogens is 1. The first kappa shape index (κ1) is 17.6. The molecule has 27 heavy (non-hydrogen) atoms. The number of rotatable bonds is 5. The number of hydrogen-bond donors (Lipinski definition) is 1. The van der Waals surface area contributed by atoms with Crippen molar-refractivity contribution in [3.63, 3.8) is 0 Å². The highest BCUT2D eigenvalue weighted by Crippen LogP contribution is 2.31. The number of anilines is 1. The van der Waals surface area contributed by atoms with E-state index in [0.29, 0.717) is 5.88 Å². The van der Waals surface area contributed by atoms with Gasteiger partial charge in [0.1, 0.15) is 6.10 Å². The van der Waals surface area contributed by atoms with Gasteiger partial charge < -0.3 is 14.7 Å². The minimum Gasteiger partial charge on any atom is -0.472 e. The van der Waals surface area contributed by atoms with Crippen LogP contribution in [0.25, 0.3) is 11.1 Å². The average Bonchev–Trinajstić information content (AvgIpc) is 3.18. The maximum Gasteiger partial charge on any atom is 0.216 e. The second kappa shape index (κ2) is 7.80. The third-order valence-electron chi connectivity index (χ3n) is 5.08. The summed E-state index contributed by atoms with van der Waals surface area (Å²) in [5.74, 6) is 0.714. The first-order valence-electron chi connectivity index (χ1n) is 9.37. The molecule has 1 N–H and O–H groups in total. The fourth-order valence-corrected chi connectivity index (χ4v) is 3.63. The molecule has 1 aromatic heterocycles. The average molecular weight is 360 g/mol. The van der Waals surface area contributed by atoms with Crippen LogP contribution in [0.3, 0.4) is 0 Å². The van der Waals surface area contributed by atoms with Gasteiger partial charge in [0.25, 0.3) is 0 Å². The van der Waals surface area contributed by atoms with E-state index >= 15 is 0 Å². The highest BCUT2D eigenvalue weighted by Gasteiger charge is 2.26. The van der Waals surface area contributed by atoms with Gasteiger partial charge in [0.2, 0.25) is 5.88 Å². The topological polar surface area (TPSA) is 45.6 Å². The minimum absolute atomic E-state index is 0.0252. The molecule has 0 saturated carbocycles. The predicted octanol–water partition coefficient (Wildman–Crippen LogP) is 4.21. The standard InChI is InChI=1S/C23H24N2O2/c1-17-6-5-12-24-23(17)27-21-11-13-25(15-21)22-10-9-19(14-20(22)16-26)18-7-3-2-4-8-18/h2-10,12,14,21,26H,11,13,15-16H2,1H3. The van der Waals surface area contributed by atoms with Crippen molar-refractivity contribution < 1.29 is 9.84 Å². The monoisotopic (exact) mass is 360 g/mol. The first-order valence-corrected chi connectivity index (χ1v) is 9.37. The van der Waals surface area contributed by atoms with Gasteiger partial charge in [-0.15, -0.1) is 0 Å². The molecule has 1 aliphatic rings. The number of aryl methyl sites for hydroxylation is 1.